The van der Waals surface area contributed by atoms with Crippen molar-refractivity contribution in [2.24, 2.45) is 0 Å². The summed E-state index contributed by atoms with van der Waals surface area (Å²) in [5, 5.41) is 3.68. The van der Waals surface area contributed by atoms with E-state index in [9.17, 15) is 8.42 Å². The van der Waals surface area contributed by atoms with E-state index in [1.807, 2.05) is 19.1 Å². The maximum absolute atomic E-state index is 13.0. The quantitative estimate of drug-likeness (QED) is 0.784. The van der Waals surface area contributed by atoms with Crippen LogP contribution in [0, 0.1) is 6.92 Å². The van der Waals surface area contributed by atoms with Crippen molar-refractivity contribution in [2.75, 3.05) is 6.54 Å². The highest BCUT2D eigenvalue weighted by Gasteiger charge is 2.34. The molecule has 0 fully saturated rings. The minimum absolute atomic E-state index is 0.0389. The summed E-state index contributed by atoms with van der Waals surface area (Å²) in [6.07, 6.45) is 7.26. The van der Waals surface area contributed by atoms with Gasteiger partial charge in [0.1, 0.15) is 0 Å². The maximum atomic E-state index is 13.0. The summed E-state index contributed by atoms with van der Waals surface area (Å²) >= 11 is 1.41. The van der Waals surface area contributed by atoms with E-state index in [-0.39, 0.29) is 6.04 Å². The fourth-order valence-electron chi connectivity index (χ4n) is 2.68. The number of hydrogen-bond acceptors (Lipinski definition) is 5. The maximum Gasteiger partial charge on any atom is 0.245 e. The van der Waals surface area contributed by atoms with Crippen molar-refractivity contribution in [1.29, 1.82) is 0 Å². The van der Waals surface area contributed by atoms with Gasteiger partial charge in [0.05, 0.1) is 16.0 Å². The third kappa shape index (κ3) is 2.64. The van der Waals surface area contributed by atoms with Gasteiger partial charge >= 0.3 is 0 Å². The van der Waals surface area contributed by atoms with Crippen LogP contribution < -0.4 is 0 Å². The predicted molar refractivity (Wildman–Crippen MR) is 86.3 cm³/mol. The van der Waals surface area contributed by atoms with Crippen LogP contribution in [-0.4, -0.2) is 30.5 Å². The lowest BCUT2D eigenvalue weighted by molar-refractivity contribution is 0.392. The summed E-state index contributed by atoms with van der Waals surface area (Å²) in [5.41, 5.74) is 0. The summed E-state index contributed by atoms with van der Waals surface area (Å²) < 4.78 is 32.6. The van der Waals surface area contributed by atoms with E-state index in [1.165, 1.54) is 11.3 Å². The zero-order valence-electron chi connectivity index (χ0n) is 12.5. The number of aryl methyl sites for hydroxylation is 1. The van der Waals surface area contributed by atoms with Crippen LogP contribution in [0.5, 0.6) is 0 Å². The Bertz CT molecular complexity index is 776. The lowest BCUT2D eigenvalue weighted by Crippen LogP contribution is -2.36. The molecule has 3 rings (SSSR count). The zero-order valence-corrected chi connectivity index (χ0v) is 14.2. The highest BCUT2D eigenvalue weighted by molar-refractivity contribution is 7.89. The molecule has 0 saturated heterocycles. The van der Waals surface area contributed by atoms with Gasteiger partial charge in [-0.15, -0.1) is 11.3 Å². The van der Waals surface area contributed by atoms with Crippen molar-refractivity contribution in [2.45, 2.75) is 37.6 Å². The summed E-state index contributed by atoms with van der Waals surface area (Å²) in [6, 6.07) is 3.39. The average Bonchev–Trinajstić information content (AvgIpc) is 3.17. The number of sulfonamides is 1. The minimum atomic E-state index is -3.49. The molecule has 1 aliphatic heterocycles. The second kappa shape index (κ2) is 5.98. The average molecular weight is 338 g/mol. The number of nitrogens with zero attached hydrogens (tertiary/aromatic N) is 2. The third-order valence-electron chi connectivity index (χ3n) is 3.74. The minimum Gasteiger partial charge on any atom is -0.355 e. The van der Waals surface area contributed by atoms with Crippen LogP contribution in [0.4, 0.5) is 0 Å². The molecular formula is C15H18N2O3S2. The van der Waals surface area contributed by atoms with E-state index >= 15 is 0 Å². The molecule has 22 heavy (non-hydrogen) atoms. The van der Waals surface area contributed by atoms with Gasteiger partial charge in [-0.05, 0) is 19.4 Å². The highest BCUT2D eigenvalue weighted by atomic mass is 32.2. The molecule has 0 spiro atoms. The normalized spacial score (nSPS) is 19.1. The van der Waals surface area contributed by atoms with Crippen molar-refractivity contribution in [3.63, 3.8) is 0 Å². The number of rotatable bonds is 5. The molecule has 7 heteroatoms. The van der Waals surface area contributed by atoms with Gasteiger partial charge in [-0.25, -0.2) is 8.42 Å². The summed E-state index contributed by atoms with van der Waals surface area (Å²) in [5.74, 6) is 0.596. The van der Waals surface area contributed by atoms with Gasteiger partial charge in [0.15, 0.2) is 5.76 Å². The molecule has 0 aliphatic carbocycles. The molecule has 118 valence electrons. The molecule has 3 heterocycles. The van der Waals surface area contributed by atoms with Crippen molar-refractivity contribution < 1.29 is 12.9 Å². The molecule has 0 bridgehead atoms. The van der Waals surface area contributed by atoms with Crippen molar-refractivity contribution >= 4 is 21.4 Å². The first-order chi connectivity index (χ1) is 10.5. The van der Waals surface area contributed by atoms with Gasteiger partial charge in [-0.2, -0.15) is 4.31 Å². The SMILES string of the molecule is CCCC1C=CCN1S(=O)(=O)c1cc(-c2ccno2)sc1C. The summed E-state index contributed by atoms with van der Waals surface area (Å²) in [7, 11) is -3.49. The Morgan fingerprint density at radius 1 is 1.50 bits per heavy atom. The van der Waals surface area contributed by atoms with E-state index in [4.69, 9.17) is 4.52 Å². The lowest BCUT2D eigenvalue weighted by Gasteiger charge is -2.23. The molecule has 2 aromatic rings. The van der Waals surface area contributed by atoms with Crippen LogP contribution in [0.15, 0.2) is 39.9 Å². The third-order valence-corrected chi connectivity index (χ3v) is 6.95. The fraction of sp³-hybridized carbons (Fsp3) is 0.400. The van der Waals surface area contributed by atoms with Crippen LogP contribution in [0.1, 0.15) is 24.6 Å². The van der Waals surface area contributed by atoms with E-state index in [0.29, 0.717) is 17.2 Å². The molecule has 0 radical (unpaired) electrons. The lowest BCUT2D eigenvalue weighted by atomic mass is 10.2. The van der Waals surface area contributed by atoms with Gasteiger partial charge in [-0.3, -0.25) is 0 Å². The number of thiophene rings is 1. The summed E-state index contributed by atoms with van der Waals surface area (Å²) in [6.45, 7) is 4.34. The second-order valence-electron chi connectivity index (χ2n) is 5.27. The Kier molecular flexibility index (Phi) is 4.20. The largest absolute Gasteiger partial charge is 0.355 e. The van der Waals surface area contributed by atoms with Crippen molar-refractivity contribution in [1.82, 2.24) is 9.46 Å². The smallest absolute Gasteiger partial charge is 0.245 e. The van der Waals surface area contributed by atoms with E-state index in [1.54, 1.807) is 22.6 Å². The topological polar surface area (TPSA) is 63.4 Å². The monoisotopic (exact) mass is 338 g/mol. The van der Waals surface area contributed by atoms with Gasteiger partial charge in [0, 0.05) is 23.5 Å². The second-order valence-corrected chi connectivity index (χ2v) is 8.38. The molecule has 1 atom stereocenters. The molecule has 1 aliphatic rings. The van der Waals surface area contributed by atoms with Crippen LogP contribution in [0.25, 0.3) is 10.6 Å². The first-order valence-electron chi connectivity index (χ1n) is 7.24. The Morgan fingerprint density at radius 2 is 2.32 bits per heavy atom. The zero-order chi connectivity index (χ0) is 15.7. The molecule has 0 saturated carbocycles. The molecule has 0 aromatic carbocycles. The first-order valence-corrected chi connectivity index (χ1v) is 9.49. The van der Waals surface area contributed by atoms with Crippen LogP contribution in [-0.2, 0) is 10.0 Å². The van der Waals surface area contributed by atoms with Gasteiger partial charge in [-0.1, -0.05) is 30.7 Å². The van der Waals surface area contributed by atoms with Gasteiger partial charge < -0.3 is 4.52 Å². The number of hydrogen-bond donors (Lipinski definition) is 0. The predicted octanol–water partition coefficient (Wildman–Crippen LogP) is 3.44. The molecule has 1 unspecified atom stereocenters. The van der Waals surface area contributed by atoms with Crippen LogP contribution in [0.2, 0.25) is 0 Å². The standard InChI is InChI=1S/C15H18N2O3S2/c1-3-5-12-6-4-9-17(12)22(18,19)15-10-14(21-11(15)2)13-7-8-16-20-13/h4,6-8,10,12H,3,5,9H2,1-2H3. The Morgan fingerprint density at radius 3 is 3.00 bits per heavy atom. The van der Waals surface area contributed by atoms with E-state index < -0.39 is 10.0 Å². The van der Waals surface area contributed by atoms with E-state index in [0.717, 1.165) is 22.6 Å². The Labute approximate surface area is 134 Å². The molecule has 0 N–H and O–H groups in total. The molecule has 0 amide bonds. The number of aromatic nitrogens is 1. The van der Waals surface area contributed by atoms with Crippen LogP contribution >= 0.6 is 11.3 Å². The van der Waals surface area contributed by atoms with Gasteiger partial charge in [0.2, 0.25) is 10.0 Å². The molecular weight excluding hydrogens is 320 g/mol. The Hall–Kier alpha value is -1.44. The first kappa shape index (κ1) is 15.5. The van der Waals surface area contributed by atoms with Crippen LogP contribution in [0.3, 0.4) is 0 Å². The van der Waals surface area contributed by atoms with Crippen molar-refractivity contribution in [3.8, 4) is 10.6 Å². The Balaban J connectivity index is 1.96. The molecule has 5 nitrogen and oxygen atoms in total. The fourth-order valence-corrected chi connectivity index (χ4v) is 5.76. The van der Waals surface area contributed by atoms with Crippen molar-refractivity contribution in [3.05, 3.63) is 35.4 Å². The van der Waals surface area contributed by atoms with E-state index in [2.05, 4.69) is 12.1 Å². The molecule has 2 aromatic heterocycles. The van der Waals surface area contributed by atoms with Gasteiger partial charge in [0.25, 0.3) is 0 Å². The summed E-state index contributed by atoms with van der Waals surface area (Å²) in [4.78, 5) is 1.93. The highest BCUT2D eigenvalue weighted by Crippen LogP contribution is 2.36.